The van der Waals surface area contributed by atoms with Gasteiger partial charge in [0.25, 0.3) is 5.91 Å². The number of rotatable bonds is 3. The van der Waals surface area contributed by atoms with E-state index in [0.29, 0.717) is 10.0 Å². The Labute approximate surface area is 143 Å². The van der Waals surface area contributed by atoms with Crippen molar-refractivity contribution >= 4 is 56.1 Å². The standard InChI is InChI=1S/C15H11BrINO3/c1-8-3-2-4-10(13(8)16)14(19)18-12-6-5-9(17)7-11(12)15(20)21/h2-7H,1H3,(H,18,19)(H,20,21). The largest absolute Gasteiger partial charge is 0.478 e. The SMILES string of the molecule is Cc1cccc(C(=O)Nc2ccc(I)cc2C(=O)O)c1Br. The molecular weight excluding hydrogens is 449 g/mol. The second-order valence-electron chi connectivity index (χ2n) is 4.39. The molecule has 0 unspecified atom stereocenters. The van der Waals surface area contributed by atoms with Gasteiger partial charge in [0.15, 0.2) is 0 Å². The van der Waals surface area contributed by atoms with Crippen LogP contribution < -0.4 is 5.32 Å². The van der Waals surface area contributed by atoms with E-state index in [2.05, 4.69) is 21.2 Å². The van der Waals surface area contributed by atoms with Crippen molar-refractivity contribution in [3.05, 3.63) is 61.1 Å². The second kappa shape index (κ2) is 6.57. The van der Waals surface area contributed by atoms with Crippen LogP contribution in [0.3, 0.4) is 0 Å². The first kappa shape index (κ1) is 16.0. The van der Waals surface area contributed by atoms with E-state index in [4.69, 9.17) is 0 Å². The van der Waals surface area contributed by atoms with Crippen LogP contribution in [0, 0.1) is 10.5 Å². The lowest BCUT2D eigenvalue weighted by molar-refractivity contribution is 0.0698. The minimum absolute atomic E-state index is 0.0685. The summed E-state index contributed by atoms with van der Waals surface area (Å²) >= 11 is 5.40. The lowest BCUT2D eigenvalue weighted by atomic mass is 10.1. The maximum atomic E-state index is 12.3. The molecular formula is C15H11BrINO3. The van der Waals surface area contributed by atoms with Crippen LogP contribution >= 0.6 is 38.5 Å². The van der Waals surface area contributed by atoms with Gasteiger partial charge in [-0.3, -0.25) is 4.79 Å². The summed E-state index contributed by atoms with van der Waals surface area (Å²) in [6.45, 7) is 1.88. The number of halogens is 2. The van der Waals surface area contributed by atoms with E-state index in [0.717, 1.165) is 9.13 Å². The predicted molar refractivity (Wildman–Crippen MR) is 93.0 cm³/mol. The second-order valence-corrected chi connectivity index (χ2v) is 6.42. The highest BCUT2D eigenvalue weighted by molar-refractivity contribution is 14.1. The maximum absolute atomic E-state index is 12.3. The van der Waals surface area contributed by atoms with Crippen LogP contribution in [-0.2, 0) is 0 Å². The zero-order valence-electron chi connectivity index (χ0n) is 11.0. The predicted octanol–water partition coefficient (Wildman–Crippen LogP) is 4.31. The van der Waals surface area contributed by atoms with Gasteiger partial charge in [-0.15, -0.1) is 0 Å². The van der Waals surface area contributed by atoms with Crippen LogP contribution in [0.4, 0.5) is 5.69 Å². The van der Waals surface area contributed by atoms with Gasteiger partial charge in [-0.1, -0.05) is 12.1 Å². The van der Waals surface area contributed by atoms with Gasteiger partial charge in [0, 0.05) is 8.04 Å². The van der Waals surface area contributed by atoms with Crippen molar-refractivity contribution in [3.63, 3.8) is 0 Å². The van der Waals surface area contributed by atoms with Crippen molar-refractivity contribution in [2.24, 2.45) is 0 Å². The molecule has 0 aliphatic rings. The fourth-order valence-corrected chi connectivity index (χ4v) is 2.75. The summed E-state index contributed by atoms with van der Waals surface area (Å²) in [5.41, 5.74) is 1.74. The lowest BCUT2D eigenvalue weighted by Gasteiger charge is -2.11. The van der Waals surface area contributed by atoms with Gasteiger partial charge in [0.05, 0.1) is 16.8 Å². The molecule has 0 aliphatic carbocycles. The third kappa shape index (κ3) is 3.62. The van der Waals surface area contributed by atoms with E-state index < -0.39 is 5.97 Å². The van der Waals surface area contributed by atoms with Crippen LogP contribution in [0.5, 0.6) is 0 Å². The summed E-state index contributed by atoms with van der Waals surface area (Å²) < 4.78 is 1.49. The zero-order valence-corrected chi connectivity index (χ0v) is 14.7. The molecule has 0 bridgehead atoms. The third-order valence-corrected chi connectivity index (χ3v) is 4.62. The number of hydrogen-bond donors (Lipinski definition) is 2. The Morgan fingerprint density at radius 3 is 2.57 bits per heavy atom. The minimum Gasteiger partial charge on any atom is -0.478 e. The van der Waals surface area contributed by atoms with Crippen molar-refractivity contribution in [1.82, 2.24) is 0 Å². The molecule has 0 saturated carbocycles. The molecule has 21 heavy (non-hydrogen) atoms. The van der Waals surface area contributed by atoms with E-state index in [1.54, 1.807) is 24.3 Å². The number of hydrogen-bond acceptors (Lipinski definition) is 2. The molecule has 108 valence electrons. The molecule has 0 saturated heterocycles. The first-order valence-electron chi connectivity index (χ1n) is 5.99. The van der Waals surface area contributed by atoms with Crippen molar-refractivity contribution in [3.8, 4) is 0 Å². The molecule has 0 fully saturated rings. The monoisotopic (exact) mass is 459 g/mol. The summed E-state index contributed by atoms with van der Waals surface area (Å²) in [4.78, 5) is 23.6. The molecule has 6 heteroatoms. The van der Waals surface area contributed by atoms with Gasteiger partial charge in [-0.05, 0) is 75.3 Å². The highest BCUT2D eigenvalue weighted by Gasteiger charge is 2.16. The molecule has 0 aromatic heterocycles. The number of nitrogens with one attached hydrogen (secondary N) is 1. The average molecular weight is 460 g/mol. The van der Waals surface area contributed by atoms with Gasteiger partial charge in [0.1, 0.15) is 0 Å². The number of benzene rings is 2. The Balaban J connectivity index is 2.36. The smallest absolute Gasteiger partial charge is 0.337 e. The summed E-state index contributed by atoms with van der Waals surface area (Å²) in [5, 5.41) is 11.9. The maximum Gasteiger partial charge on any atom is 0.337 e. The number of carbonyl (C=O) groups is 2. The third-order valence-electron chi connectivity index (χ3n) is 2.90. The number of aromatic carboxylic acids is 1. The molecule has 0 radical (unpaired) electrons. The minimum atomic E-state index is -1.08. The summed E-state index contributed by atoms with van der Waals surface area (Å²) in [7, 11) is 0. The van der Waals surface area contributed by atoms with Gasteiger partial charge >= 0.3 is 5.97 Å². The van der Waals surface area contributed by atoms with Crippen molar-refractivity contribution in [2.45, 2.75) is 6.92 Å². The highest BCUT2D eigenvalue weighted by atomic mass is 127. The van der Waals surface area contributed by atoms with E-state index in [-0.39, 0.29) is 17.2 Å². The quantitative estimate of drug-likeness (QED) is 0.672. The Bertz CT molecular complexity index is 731. The van der Waals surface area contributed by atoms with Crippen LogP contribution in [0.25, 0.3) is 0 Å². The van der Waals surface area contributed by atoms with Crippen LogP contribution in [0.2, 0.25) is 0 Å². The Hall–Kier alpha value is -1.41. The molecule has 0 aliphatic heterocycles. The number of aryl methyl sites for hydroxylation is 1. The molecule has 2 rings (SSSR count). The molecule has 2 aromatic carbocycles. The number of carboxylic acids is 1. The van der Waals surface area contributed by atoms with E-state index >= 15 is 0 Å². The van der Waals surface area contributed by atoms with Gasteiger partial charge in [0.2, 0.25) is 0 Å². The van der Waals surface area contributed by atoms with Crippen LogP contribution in [0.1, 0.15) is 26.3 Å². The average Bonchev–Trinajstić information content (AvgIpc) is 2.43. The molecule has 2 N–H and O–H groups in total. The van der Waals surface area contributed by atoms with Gasteiger partial charge in [-0.25, -0.2) is 4.79 Å². The topological polar surface area (TPSA) is 66.4 Å². The van der Waals surface area contributed by atoms with E-state index in [9.17, 15) is 14.7 Å². The van der Waals surface area contributed by atoms with Crippen molar-refractivity contribution in [1.29, 1.82) is 0 Å². The Morgan fingerprint density at radius 2 is 1.90 bits per heavy atom. The lowest BCUT2D eigenvalue weighted by Crippen LogP contribution is -2.15. The number of amides is 1. The molecule has 1 amide bonds. The molecule has 2 aromatic rings. The van der Waals surface area contributed by atoms with E-state index in [1.165, 1.54) is 6.07 Å². The Kier molecular flexibility index (Phi) is 5.00. The van der Waals surface area contributed by atoms with Crippen molar-refractivity contribution < 1.29 is 14.7 Å². The Morgan fingerprint density at radius 1 is 1.19 bits per heavy atom. The van der Waals surface area contributed by atoms with Gasteiger partial charge in [-0.2, -0.15) is 0 Å². The summed E-state index contributed by atoms with van der Waals surface area (Å²) in [5.74, 6) is -1.43. The number of carbonyl (C=O) groups excluding carboxylic acids is 1. The normalized spacial score (nSPS) is 10.2. The number of carboxylic acid groups (broad SMARTS) is 1. The van der Waals surface area contributed by atoms with Gasteiger partial charge < -0.3 is 10.4 Å². The summed E-state index contributed by atoms with van der Waals surface area (Å²) in [6.07, 6.45) is 0. The molecule has 4 nitrogen and oxygen atoms in total. The fraction of sp³-hybridized carbons (Fsp3) is 0.0667. The summed E-state index contributed by atoms with van der Waals surface area (Å²) in [6, 6.07) is 10.2. The first-order chi connectivity index (χ1) is 9.90. The first-order valence-corrected chi connectivity index (χ1v) is 7.86. The molecule has 0 heterocycles. The van der Waals surface area contributed by atoms with Crippen LogP contribution in [-0.4, -0.2) is 17.0 Å². The van der Waals surface area contributed by atoms with Crippen LogP contribution in [0.15, 0.2) is 40.9 Å². The highest BCUT2D eigenvalue weighted by Crippen LogP contribution is 2.24. The fourth-order valence-electron chi connectivity index (χ4n) is 1.81. The van der Waals surface area contributed by atoms with Crippen molar-refractivity contribution in [2.75, 3.05) is 5.32 Å². The number of anilines is 1. The zero-order chi connectivity index (χ0) is 15.6. The van der Waals surface area contributed by atoms with E-state index in [1.807, 2.05) is 35.6 Å². The molecule has 0 atom stereocenters. The molecule has 0 spiro atoms.